The largest absolute Gasteiger partial charge is 0.494 e. The number of Topliss-reactive ketones (excluding diaryl/α,β-unsaturated/α-hetero) is 1. The Hall–Kier alpha value is -3.93. The van der Waals surface area contributed by atoms with E-state index >= 15 is 0 Å². The van der Waals surface area contributed by atoms with E-state index in [0.717, 1.165) is 16.0 Å². The highest BCUT2D eigenvalue weighted by molar-refractivity contribution is 6.13. The first-order chi connectivity index (χ1) is 15.9. The van der Waals surface area contributed by atoms with Gasteiger partial charge in [0.15, 0.2) is 11.3 Å². The Morgan fingerprint density at radius 1 is 0.909 bits per heavy atom. The van der Waals surface area contributed by atoms with Gasteiger partial charge in [-0.05, 0) is 67.3 Å². The molecule has 3 amide bonds. The standard InChI is InChI=1S/C27H26N2O4/c1-4-33-23-14-11-20(12-15-23)24(30)17-29-25(31)27(28-26(29)32,21-8-6-5-7-9-21)22-13-10-18(2)19(3)16-22/h5-16H,4,17H2,1-3H3,(H,28,32). The molecule has 0 aliphatic carbocycles. The molecule has 3 aromatic rings. The summed E-state index contributed by atoms with van der Waals surface area (Å²) in [7, 11) is 0. The van der Waals surface area contributed by atoms with Gasteiger partial charge >= 0.3 is 6.03 Å². The van der Waals surface area contributed by atoms with Crippen LogP contribution in [0.15, 0.2) is 72.8 Å². The quantitative estimate of drug-likeness (QED) is 0.435. The van der Waals surface area contributed by atoms with E-state index in [1.807, 2.05) is 69.3 Å². The molecule has 0 bridgehead atoms. The molecule has 1 aliphatic heterocycles. The summed E-state index contributed by atoms with van der Waals surface area (Å²) in [5, 5.41) is 2.89. The molecule has 1 unspecified atom stereocenters. The third kappa shape index (κ3) is 4.00. The molecule has 33 heavy (non-hydrogen) atoms. The van der Waals surface area contributed by atoms with Crippen molar-refractivity contribution >= 4 is 17.7 Å². The van der Waals surface area contributed by atoms with Gasteiger partial charge in [-0.15, -0.1) is 0 Å². The molecule has 6 heteroatoms. The smallest absolute Gasteiger partial charge is 0.325 e. The Labute approximate surface area is 193 Å². The lowest BCUT2D eigenvalue weighted by Gasteiger charge is -2.28. The third-order valence-corrected chi connectivity index (χ3v) is 6.04. The number of carbonyl (C=O) groups is 3. The number of rotatable bonds is 7. The van der Waals surface area contributed by atoms with Gasteiger partial charge in [0.05, 0.1) is 13.2 Å². The number of benzene rings is 3. The predicted molar refractivity (Wildman–Crippen MR) is 125 cm³/mol. The van der Waals surface area contributed by atoms with Gasteiger partial charge in [-0.25, -0.2) is 4.79 Å². The number of aryl methyl sites for hydroxylation is 2. The van der Waals surface area contributed by atoms with E-state index in [-0.39, 0.29) is 12.3 Å². The summed E-state index contributed by atoms with van der Waals surface area (Å²) in [6.45, 7) is 6.01. The lowest BCUT2D eigenvalue weighted by Crippen LogP contribution is -2.45. The average molecular weight is 443 g/mol. The SMILES string of the molecule is CCOc1ccc(C(=O)CN2C(=O)NC(c3ccccc3)(c3ccc(C)c(C)c3)C2=O)cc1. The number of ether oxygens (including phenoxy) is 1. The van der Waals surface area contributed by atoms with E-state index in [1.54, 1.807) is 24.3 Å². The molecule has 0 saturated carbocycles. The summed E-state index contributed by atoms with van der Waals surface area (Å²) in [5.74, 6) is -0.145. The second-order valence-corrected chi connectivity index (χ2v) is 8.12. The normalized spacial score (nSPS) is 17.7. The number of urea groups is 1. The minimum Gasteiger partial charge on any atom is -0.494 e. The highest BCUT2D eigenvalue weighted by Crippen LogP contribution is 2.37. The maximum Gasteiger partial charge on any atom is 0.325 e. The van der Waals surface area contributed by atoms with Crippen molar-refractivity contribution in [2.75, 3.05) is 13.2 Å². The number of carbonyl (C=O) groups excluding carboxylic acids is 3. The van der Waals surface area contributed by atoms with Crippen molar-refractivity contribution in [3.05, 3.63) is 101 Å². The fourth-order valence-corrected chi connectivity index (χ4v) is 4.08. The van der Waals surface area contributed by atoms with Gasteiger partial charge in [-0.2, -0.15) is 0 Å². The van der Waals surface area contributed by atoms with Crippen LogP contribution in [-0.2, 0) is 10.3 Å². The zero-order valence-electron chi connectivity index (χ0n) is 18.9. The highest BCUT2D eigenvalue weighted by atomic mass is 16.5. The van der Waals surface area contributed by atoms with Gasteiger partial charge < -0.3 is 10.1 Å². The number of hydrogen-bond acceptors (Lipinski definition) is 4. The zero-order valence-corrected chi connectivity index (χ0v) is 18.9. The van der Waals surface area contributed by atoms with E-state index in [1.165, 1.54) is 0 Å². The van der Waals surface area contributed by atoms with Crippen LogP contribution in [0.3, 0.4) is 0 Å². The van der Waals surface area contributed by atoms with Crippen molar-refractivity contribution in [2.24, 2.45) is 0 Å². The summed E-state index contributed by atoms with van der Waals surface area (Å²) < 4.78 is 5.41. The van der Waals surface area contributed by atoms with Crippen LogP contribution < -0.4 is 10.1 Å². The van der Waals surface area contributed by atoms with Crippen LogP contribution >= 0.6 is 0 Å². The molecule has 1 aliphatic rings. The Bertz CT molecular complexity index is 1200. The molecule has 0 spiro atoms. The van der Waals surface area contributed by atoms with Gasteiger partial charge in [0, 0.05) is 5.56 Å². The van der Waals surface area contributed by atoms with Crippen LogP contribution in [0.2, 0.25) is 0 Å². The first kappa shape index (κ1) is 22.3. The van der Waals surface area contributed by atoms with Crippen molar-refractivity contribution in [3.63, 3.8) is 0 Å². The highest BCUT2D eigenvalue weighted by Gasteiger charge is 2.54. The zero-order chi connectivity index (χ0) is 23.6. The monoisotopic (exact) mass is 442 g/mol. The number of nitrogens with one attached hydrogen (secondary N) is 1. The maximum absolute atomic E-state index is 13.8. The van der Waals surface area contributed by atoms with Gasteiger partial charge in [0.25, 0.3) is 5.91 Å². The number of nitrogens with zero attached hydrogens (tertiary/aromatic N) is 1. The molecule has 168 valence electrons. The lowest BCUT2D eigenvalue weighted by atomic mass is 9.81. The Balaban J connectivity index is 1.69. The molecule has 1 saturated heterocycles. The molecular weight excluding hydrogens is 416 g/mol. The second-order valence-electron chi connectivity index (χ2n) is 8.12. The molecule has 0 radical (unpaired) electrons. The van der Waals surface area contributed by atoms with E-state index < -0.39 is 17.5 Å². The van der Waals surface area contributed by atoms with Crippen molar-refractivity contribution in [2.45, 2.75) is 26.3 Å². The first-order valence-corrected chi connectivity index (χ1v) is 10.9. The molecule has 1 N–H and O–H groups in total. The number of ketones is 1. The first-order valence-electron chi connectivity index (χ1n) is 10.9. The van der Waals surface area contributed by atoms with Gasteiger partial charge in [0.1, 0.15) is 5.75 Å². The minimum atomic E-state index is -1.39. The van der Waals surface area contributed by atoms with Gasteiger partial charge in [-0.3, -0.25) is 14.5 Å². The average Bonchev–Trinajstić information content (AvgIpc) is 3.07. The van der Waals surface area contributed by atoms with Crippen molar-refractivity contribution in [1.82, 2.24) is 10.2 Å². The molecule has 1 atom stereocenters. The molecule has 0 aromatic heterocycles. The predicted octanol–water partition coefficient (Wildman–Crippen LogP) is 4.38. The van der Waals surface area contributed by atoms with Crippen LogP contribution in [0.25, 0.3) is 0 Å². The fourth-order valence-electron chi connectivity index (χ4n) is 4.08. The van der Waals surface area contributed by atoms with E-state index in [4.69, 9.17) is 4.74 Å². The lowest BCUT2D eigenvalue weighted by molar-refractivity contribution is -0.129. The fraction of sp³-hybridized carbons (Fsp3) is 0.222. The summed E-state index contributed by atoms with van der Waals surface area (Å²) in [4.78, 5) is 40.8. The van der Waals surface area contributed by atoms with Crippen molar-refractivity contribution in [1.29, 1.82) is 0 Å². The minimum absolute atomic E-state index is 0.328. The number of hydrogen-bond donors (Lipinski definition) is 1. The summed E-state index contributed by atoms with van der Waals surface area (Å²) in [6, 6.07) is 20.9. The Kier molecular flexibility index (Phi) is 6.01. The Morgan fingerprint density at radius 2 is 1.61 bits per heavy atom. The van der Waals surface area contributed by atoms with Gasteiger partial charge in [0.2, 0.25) is 0 Å². The summed E-state index contributed by atoms with van der Waals surface area (Å²) in [6.07, 6.45) is 0. The third-order valence-electron chi connectivity index (χ3n) is 6.04. The van der Waals surface area contributed by atoms with E-state index in [2.05, 4.69) is 5.32 Å². The van der Waals surface area contributed by atoms with Gasteiger partial charge in [-0.1, -0.05) is 48.5 Å². The molecule has 6 nitrogen and oxygen atoms in total. The molecule has 3 aromatic carbocycles. The molecule has 1 heterocycles. The van der Waals surface area contributed by atoms with Crippen molar-refractivity contribution < 1.29 is 19.1 Å². The van der Waals surface area contributed by atoms with Crippen molar-refractivity contribution in [3.8, 4) is 5.75 Å². The molecular formula is C27H26N2O4. The van der Waals surface area contributed by atoms with Crippen LogP contribution in [0.1, 0.15) is 39.5 Å². The topological polar surface area (TPSA) is 75.7 Å². The number of amides is 3. The van der Waals surface area contributed by atoms with Crippen LogP contribution in [0.5, 0.6) is 5.75 Å². The molecule has 4 rings (SSSR count). The summed E-state index contributed by atoms with van der Waals surface area (Å²) >= 11 is 0. The van der Waals surface area contributed by atoms with E-state index in [0.29, 0.717) is 29.0 Å². The molecule has 1 fully saturated rings. The van der Waals surface area contributed by atoms with Crippen LogP contribution in [0.4, 0.5) is 4.79 Å². The second kappa shape index (κ2) is 8.90. The van der Waals surface area contributed by atoms with Crippen LogP contribution in [0, 0.1) is 13.8 Å². The number of imide groups is 1. The summed E-state index contributed by atoms with van der Waals surface area (Å²) in [5.41, 5.74) is 2.40. The maximum atomic E-state index is 13.8. The van der Waals surface area contributed by atoms with Crippen LogP contribution in [-0.4, -0.2) is 35.8 Å². The van der Waals surface area contributed by atoms with E-state index in [9.17, 15) is 14.4 Å². The Morgan fingerprint density at radius 3 is 2.24 bits per heavy atom.